The molecule has 2 rings (SSSR count). The Morgan fingerprint density at radius 1 is 1.45 bits per heavy atom. The highest BCUT2D eigenvalue weighted by atomic mass is 16.5. The Labute approximate surface area is 119 Å². The molecule has 0 spiro atoms. The normalized spacial score (nSPS) is 18.1. The van der Waals surface area contributed by atoms with E-state index in [1.54, 1.807) is 31.4 Å². The number of aliphatic hydroxyl groups is 1. The maximum Gasteiger partial charge on any atom is 0.223 e. The molecule has 1 aliphatic carbocycles. The molecule has 0 saturated heterocycles. The number of nitrogens with two attached hydrogens (primary N) is 1. The highest BCUT2D eigenvalue weighted by Gasteiger charge is 2.38. The van der Waals surface area contributed by atoms with Gasteiger partial charge in [-0.2, -0.15) is 0 Å². The van der Waals surface area contributed by atoms with Crippen molar-refractivity contribution in [1.82, 2.24) is 5.32 Å². The molecule has 1 amide bonds. The molecule has 5 nitrogen and oxygen atoms in total. The van der Waals surface area contributed by atoms with Gasteiger partial charge in [0.1, 0.15) is 0 Å². The molecule has 4 N–H and O–H groups in total. The Morgan fingerprint density at radius 3 is 2.60 bits per heavy atom. The van der Waals surface area contributed by atoms with Crippen LogP contribution < -0.4 is 11.1 Å². The second-order valence-corrected chi connectivity index (χ2v) is 5.40. The summed E-state index contributed by atoms with van der Waals surface area (Å²) in [4.78, 5) is 11.9. The average Bonchev–Trinajstić information content (AvgIpc) is 2.41. The first kappa shape index (κ1) is 14.8. The zero-order valence-corrected chi connectivity index (χ0v) is 11.8. The highest BCUT2D eigenvalue weighted by Crippen LogP contribution is 2.37. The van der Waals surface area contributed by atoms with E-state index in [2.05, 4.69) is 5.32 Å². The largest absolute Gasteiger partial charge is 0.399 e. The Balaban J connectivity index is 1.79. The number of methoxy groups -OCH3 is 1. The molecular formula is C15H22N2O3. The van der Waals surface area contributed by atoms with Gasteiger partial charge in [0.15, 0.2) is 0 Å². The fraction of sp³-hybridized carbons (Fsp3) is 0.533. The first-order chi connectivity index (χ1) is 9.54. The van der Waals surface area contributed by atoms with E-state index in [-0.39, 0.29) is 18.1 Å². The summed E-state index contributed by atoms with van der Waals surface area (Å²) in [7, 11) is 1.65. The fourth-order valence-electron chi connectivity index (χ4n) is 2.43. The molecule has 110 valence electrons. The summed E-state index contributed by atoms with van der Waals surface area (Å²) in [6, 6.07) is 6.98. The van der Waals surface area contributed by atoms with Crippen LogP contribution in [-0.4, -0.2) is 30.3 Å². The molecule has 0 radical (unpaired) electrons. The standard InChI is InChI=1S/C15H22N2O3/c1-20-15(7-2-8-15)9-14(19)17-10-13(18)11-3-5-12(16)6-4-11/h3-6,13,18H,2,7-10,16H2,1H3,(H,17,19). The summed E-state index contributed by atoms with van der Waals surface area (Å²) in [5, 5.41) is 12.8. The first-order valence-electron chi connectivity index (χ1n) is 6.90. The van der Waals surface area contributed by atoms with E-state index in [1.165, 1.54) is 0 Å². The molecule has 1 fully saturated rings. The molecule has 0 bridgehead atoms. The quantitative estimate of drug-likeness (QED) is 0.686. The van der Waals surface area contributed by atoms with Crippen molar-refractivity contribution >= 4 is 11.6 Å². The third-order valence-electron chi connectivity index (χ3n) is 3.99. The Bertz CT molecular complexity index is 449. The number of carbonyl (C=O) groups excluding carboxylic acids is 1. The lowest BCUT2D eigenvalue weighted by atomic mass is 9.77. The van der Waals surface area contributed by atoms with Crippen LogP contribution in [0.1, 0.15) is 37.4 Å². The van der Waals surface area contributed by atoms with Crippen LogP contribution in [0.25, 0.3) is 0 Å². The lowest BCUT2D eigenvalue weighted by Crippen LogP contribution is -2.44. The number of amides is 1. The smallest absolute Gasteiger partial charge is 0.223 e. The van der Waals surface area contributed by atoms with Gasteiger partial charge in [0.05, 0.1) is 18.1 Å². The second kappa shape index (κ2) is 6.24. The van der Waals surface area contributed by atoms with Crippen molar-refractivity contribution in [3.63, 3.8) is 0 Å². The van der Waals surface area contributed by atoms with Crippen LogP contribution in [0.5, 0.6) is 0 Å². The number of ether oxygens (including phenoxy) is 1. The molecule has 20 heavy (non-hydrogen) atoms. The Morgan fingerprint density at radius 2 is 2.10 bits per heavy atom. The third kappa shape index (κ3) is 3.49. The number of hydrogen-bond donors (Lipinski definition) is 3. The maximum atomic E-state index is 11.9. The van der Waals surface area contributed by atoms with Crippen molar-refractivity contribution in [2.45, 2.75) is 37.4 Å². The van der Waals surface area contributed by atoms with Gasteiger partial charge in [0.25, 0.3) is 0 Å². The van der Waals surface area contributed by atoms with Gasteiger partial charge in [-0.3, -0.25) is 4.79 Å². The summed E-state index contributed by atoms with van der Waals surface area (Å²) >= 11 is 0. The fourth-order valence-corrected chi connectivity index (χ4v) is 2.43. The van der Waals surface area contributed by atoms with Crippen LogP contribution in [0.2, 0.25) is 0 Å². The van der Waals surface area contributed by atoms with Gasteiger partial charge in [-0.25, -0.2) is 0 Å². The Hall–Kier alpha value is -1.59. The summed E-state index contributed by atoms with van der Waals surface area (Å²) in [5.74, 6) is -0.0824. The zero-order chi connectivity index (χ0) is 14.6. The van der Waals surface area contributed by atoms with Crippen molar-refractivity contribution < 1.29 is 14.6 Å². The van der Waals surface area contributed by atoms with Crippen LogP contribution in [0.4, 0.5) is 5.69 Å². The number of rotatable bonds is 6. The molecule has 1 atom stereocenters. The van der Waals surface area contributed by atoms with Crippen LogP contribution in [0.3, 0.4) is 0 Å². The van der Waals surface area contributed by atoms with Gasteiger partial charge >= 0.3 is 0 Å². The minimum absolute atomic E-state index is 0.0824. The topological polar surface area (TPSA) is 84.6 Å². The lowest BCUT2D eigenvalue weighted by molar-refractivity contribution is -0.134. The van der Waals surface area contributed by atoms with Crippen LogP contribution in [0.15, 0.2) is 24.3 Å². The summed E-state index contributed by atoms with van der Waals surface area (Å²) in [6.07, 6.45) is 2.60. The van der Waals surface area contributed by atoms with Crippen LogP contribution >= 0.6 is 0 Å². The van der Waals surface area contributed by atoms with Gasteiger partial charge in [-0.1, -0.05) is 12.1 Å². The number of nitrogens with one attached hydrogen (secondary N) is 1. The van der Waals surface area contributed by atoms with Crippen molar-refractivity contribution in [1.29, 1.82) is 0 Å². The summed E-state index contributed by atoms with van der Waals surface area (Å²) in [5.41, 5.74) is 6.70. The number of aliphatic hydroxyl groups excluding tert-OH is 1. The van der Waals surface area contributed by atoms with Crippen molar-refractivity contribution in [2.24, 2.45) is 0 Å². The van der Waals surface area contributed by atoms with Gasteiger partial charge < -0.3 is 20.9 Å². The molecular weight excluding hydrogens is 256 g/mol. The summed E-state index contributed by atoms with van der Waals surface area (Å²) < 4.78 is 5.41. The molecule has 0 aromatic heterocycles. The predicted molar refractivity (Wildman–Crippen MR) is 77.0 cm³/mol. The van der Waals surface area contributed by atoms with Crippen molar-refractivity contribution in [2.75, 3.05) is 19.4 Å². The minimum Gasteiger partial charge on any atom is -0.399 e. The second-order valence-electron chi connectivity index (χ2n) is 5.40. The van der Waals surface area contributed by atoms with E-state index in [1.807, 2.05) is 0 Å². The van der Waals surface area contributed by atoms with Crippen molar-refractivity contribution in [3.8, 4) is 0 Å². The van der Waals surface area contributed by atoms with E-state index < -0.39 is 6.10 Å². The molecule has 0 heterocycles. The molecule has 1 aromatic carbocycles. The SMILES string of the molecule is COC1(CC(=O)NCC(O)c2ccc(N)cc2)CCC1. The maximum absolute atomic E-state index is 11.9. The van der Waals surface area contributed by atoms with Crippen LogP contribution in [0, 0.1) is 0 Å². The Kier molecular flexibility index (Phi) is 4.62. The molecule has 1 aromatic rings. The van der Waals surface area contributed by atoms with Gasteiger partial charge in [-0.05, 0) is 37.0 Å². The molecule has 1 unspecified atom stereocenters. The number of anilines is 1. The van der Waals surface area contributed by atoms with E-state index in [0.29, 0.717) is 12.1 Å². The zero-order valence-electron chi connectivity index (χ0n) is 11.8. The van der Waals surface area contributed by atoms with Crippen molar-refractivity contribution in [3.05, 3.63) is 29.8 Å². The van der Waals surface area contributed by atoms with E-state index >= 15 is 0 Å². The average molecular weight is 278 g/mol. The van der Waals surface area contributed by atoms with E-state index in [0.717, 1.165) is 24.8 Å². The third-order valence-corrected chi connectivity index (χ3v) is 3.99. The number of nitrogen functional groups attached to an aromatic ring is 1. The van der Waals surface area contributed by atoms with Crippen LogP contribution in [-0.2, 0) is 9.53 Å². The summed E-state index contributed by atoms with van der Waals surface area (Å²) in [6.45, 7) is 0.197. The first-order valence-corrected chi connectivity index (χ1v) is 6.90. The van der Waals surface area contributed by atoms with Gasteiger partial charge in [0, 0.05) is 19.3 Å². The number of benzene rings is 1. The van der Waals surface area contributed by atoms with Gasteiger partial charge in [-0.15, -0.1) is 0 Å². The minimum atomic E-state index is -0.723. The van der Waals surface area contributed by atoms with E-state index in [9.17, 15) is 9.90 Å². The highest BCUT2D eigenvalue weighted by molar-refractivity contribution is 5.77. The lowest BCUT2D eigenvalue weighted by Gasteiger charge is -2.39. The van der Waals surface area contributed by atoms with Gasteiger partial charge in [0.2, 0.25) is 5.91 Å². The monoisotopic (exact) mass is 278 g/mol. The molecule has 1 aliphatic rings. The predicted octanol–water partition coefficient (Wildman–Crippen LogP) is 1.38. The number of carbonyl (C=O) groups is 1. The molecule has 5 heteroatoms. The van der Waals surface area contributed by atoms with E-state index in [4.69, 9.17) is 10.5 Å². The number of hydrogen-bond acceptors (Lipinski definition) is 4. The molecule has 0 aliphatic heterocycles. The molecule has 1 saturated carbocycles.